The van der Waals surface area contributed by atoms with E-state index in [-0.39, 0.29) is 40.0 Å². The highest BCUT2D eigenvalue weighted by molar-refractivity contribution is 6.00. The molecule has 1 unspecified atom stereocenters. The smallest absolute Gasteiger partial charge is 0.424 e. The van der Waals surface area contributed by atoms with Crippen molar-refractivity contribution in [1.82, 2.24) is 15.3 Å². The van der Waals surface area contributed by atoms with E-state index in [1.54, 1.807) is 12.1 Å². The zero-order chi connectivity index (χ0) is 32.1. The fraction of sp³-hybridized carbons (Fsp3) is 0.290. The Morgan fingerprint density at radius 2 is 1.87 bits per heavy atom. The zero-order valence-electron chi connectivity index (χ0n) is 23.3. The molecule has 2 aliphatic rings. The third-order valence-electron chi connectivity index (χ3n) is 7.92. The summed E-state index contributed by atoms with van der Waals surface area (Å²) in [5.74, 6) is -2.81. The Morgan fingerprint density at radius 1 is 1.13 bits per heavy atom. The van der Waals surface area contributed by atoms with Crippen molar-refractivity contribution in [2.75, 3.05) is 19.8 Å². The van der Waals surface area contributed by atoms with Crippen LogP contribution in [0.3, 0.4) is 0 Å². The third kappa shape index (κ3) is 5.28. The van der Waals surface area contributed by atoms with Crippen LogP contribution in [0.15, 0.2) is 60.8 Å². The van der Waals surface area contributed by atoms with Gasteiger partial charge in [0.1, 0.15) is 47.2 Å². The number of nitrogens with zero attached hydrogens (tertiary/aromatic N) is 2. The number of fused-ring (bicyclic) bond motifs is 2. The highest BCUT2D eigenvalue weighted by Crippen LogP contribution is 2.48. The summed E-state index contributed by atoms with van der Waals surface area (Å²) in [6.45, 7) is -3.49. The van der Waals surface area contributed by atoms with E-state index in [9.17, 15) is 36.6 Å². The second-order valence-corrected chi connectivity index (χ2v) is 11.0. The molecule has 6 rings (SSSR count). The molecule has 1 fully saturated rings. The molecule has 1 aliphatic heterocycles. The van der Waals surface area contributed by atoms with Gasteiger partial charge in [-0.3, -0.25) is 14.6 Å². The van der Waals surface area contributed by atoms with Crippen molar-refractivity contribution >= 4 is 22.7 Å². The molecule has 0 bridgehead atoms. The van der Waals surface area contributed by atoms with E-state index in [0.29, 0.717) is 17.0 Å². The van der Waals surface area contributed by atoms with Crippen LogP contribution in [0.2, 0.25) is 0 Å². The molecule has 1 aliphatic carbocycles. The second-order valence-electron chi connectivity index (χ2n) is 11.0. The number of rotatable bonds is 9. The topological polar surface area (TPSA) is 137 Å². The minimum absolute atomic E-state index is 0.0511. The number of nitrogens with two attached hydrogens (primary N) is 1. The lowest BCUT2D eigenvalue weighted by atomic mass is 9.81. The maximum atomic E-state index is 14.7. The molecule has 2 aromatic heterocycles. The highest BCUT2D eigenvalue weighted by Gasteiger charge is 2.58. The number of benzene rings is 2. The van der Waals surface area contributed by atoms with Gasteiger partial charge in [-0.25, -0.2) is 13.8 Å². The number of alkyl halides is 4. The number of halogens is 5. The standard InChI is InChI=1S/C31H25F5N4O5/c32-13-29(28(37)42)15-44-26-21(29)12-23(40-25(26)16-3-5-19(33)6-4-16)30(43,31(34,35)36)14-39-27(41)18-10-17-2-1-9-38-24(17)22(11-18)45-20-7-8-20/h1-6,9-12,20,43H,7-8,13-15H2,(H2,37,42)(H,39,41)/t29-,30?/m1/s1. The predicted octanol–water partition coefficient (Wildman–Crippen LogP) is 4.24. The number of hydrogen-bond acceptors (Lipinski definition) is 7. The Labute approximate surface area is 252 Å². The number of carbonyl (C=O) groups is 2. The summed E-state index contributed by atoms with van der Waals surface area (Å²) in [5.41, 5.74) is -1.86. The molecule has 3 heterocycles. The predicted molar refractivity (Wildman–Crippen MR) is 150 cm³/mol. The number of aliphatic hydroxyl groups is 1. The fourth-order valence-electron chi connectivity index (χ4n) is 5.10. The summed E-state index contributed by atoms with van der Waals surface area (Å²) in [6, 6.07) is 11.2. The quantitative estimate of drug-likeness (QED) is 0.236. The summed E-state index contributed by atoms with van der Waals surface area (Å²) in [5, 5.41) is 13.9. The molecule has 0 spiro atoms. The minimum Gasteiger partial charge on any atom is -0.489 e. The summed E-state index contributed by atoms with van der Waals surface area (Å²) in [7, 11) is 0. The summed E-state index contributed by atoms with van der Waals surface area (Å²) >= 11 is 0. The molecule has 0 saturated heterocycles. The molecular formula is C31H25F5N4O5. The Balaban J connectivity index is 1.41. The molecule has 2 aromatic carbocycles. The monoisotopic (exact) mass is 628 g/mol. The van der Waals surface area contributed by atoms with Gasteiger partial charge in [0.15, 0.2) is 0 Å². The van der Waals surface area contributed by atoms with Crippen molar-refractivity contribution in [1.29, 1.82) is 0 Å². The van der Waals surface area contributed by atoms with Gasteiger partial charge in [-0.15, -0.1) is 0 Å². The van der Waals surface area contributed by atoms with Gasteiger partial charge in [-0.05, 0) is 61.4 Å². The molecular weight excluding hydrogens is 603 g/mol. The van der Waals surface area contributed by atoms with Crippen LogP contribution >= 0.6 is 0 Å². The molecule has 4 N–H and O–H groups in total. The van der Waals surface area contributed by atoms with E-state index in [2.05, 4.69) is 15.3 Å². The number of carbonyl (C=O) groups excluding carboxylic acids is 2. The normalized spacial score (nSPS) is 19.0. The van der Waals surface area contributed by atoms with Crippen LogP contribution in [0.4, 0.5) is 22.0 Å². The second kappa shape index (κ2) is 10.9. The number of pyridine rings is 2. The Hall–Kier alpha value is -4.85. The van der Waals surface area contributed by atoms with Gasteiger partial charge in [0.25, 0.3) is 5.91 Å². The lowest BCUT2D eigenvalue weighted by molar-refractivity contribution is -0.265. The van der Waals surface area contributed by atoms with Gasteiger partial charge < -0.3 is 25.6 Å². The zero-order valence-corrected chi connectivity index (χ0v) is 23.3. The Morgan fingerprint density at radius 3 is 2.51 bits per heavy atom. The van der Waals surface area contributed by atoms with Crippen LogP contribution in [0, 0.1) is 5.82 Å². The maximum absolute atomic E-state index is 14.7. The maximum Gasteiger partial charge on any atom is 0.424 e. The van der Waals surface area contributed by atoms with Crippen LogP contribution in [-0.4, -0.2) is 59.0 Å². The SMILES string of the molecule is NC(=O)[C@]1(CF)COc2c1cc(C(O)(CNC(=O)c1cc(OC3CC3)c3ncccc3c1)C(F)(F)F)nc2-c1ccc(F)cc1. The largest absolute Gasteiger partial charge is 0.489 e. The van der Waals surface area contributed by atoms with Crippen molar-refractivity contribution in [3.8, 4) is 22.8 Å². The highest BCUT2D eigenvalue weighted by atomic mass is 19.4. The third-order valence-corrected chi connectivity index (χ3v) is 7.92. The van der Waals surface area contributed by atoms with Crippen LogP contribution in [0.1, 0.15) is 34.5 Å². The van der Waals surface area contributed by atoms with Gasteiger partial charge in [-0.2, -0.15) is 13.2 Å². The van der Waals surface area contributed by atoms with Gasteiger partial charge in [0, 0.05) is 28.3 Å². The van der Waals surface area contributed by atoms with E-state index in [4.69, 9.17) is 15.2 Å². The minimum atomic E-state index is -5.44. The van der Waals surface area contributed by atoms with E-state index in [1.807, 2.05) is 0 Å². The van der Waals surface area contributed by atoms with Crippen LogP contribution in [0.25, 0.3) is 22.2 Å². The van der Waals surface area contributed by atoms with E-state index in [0.717, 1.165) is 25.0 Å². The molecule has 2 atom stereocenters. The lowest BCUT2D eigenvalue weighted by Crippen LogP contribution is -2.52. The summed E-state index contributed by atoms with van der Waals surface area (Å²) < 4.78 is 83.6. The van der Waals surface area contributed by atoms with Crippen molar-refractivity contribution in [2.24, 2.45) is 5.73 Å². The number of aromatic nitrogens is 2. The molecule has 14 heteroatoms. The molecule has 1 saturated carbocycles. The lowest BCUT2D eigenvalue weighted by Gasteiger charge is -2.31. The molecule has 45 heavy (non-hydrogen) atoms. The molecule has 0 radical (unpaired) electrons. The first-order chi connectivity index (χ1) is 21.4. The van der Waals surface area contributed by atoms with E-state index < -0.39 is 60.3 Å². The van der Waals surface area contributed by atoms with E-state index >= 15 is 0 Å². The van der Waals surface area contributed by atoms with Crippen molar-refractivity contribution in [3.05, 3.63) is 83.4 Å². The first-order valence-electron chi connectivity index (χ1n) is 13.8. The van der Waals surface area contributed by atoms with Crippen LogP contribution in [-0.2, 0) is 15.8 Å². The molecule has 9 nitrogen and oxygen atoms in total. The first-order valence-corrected chi connectivity index (χ1v) is 13.8. The van der Waals surface area contributed by atoms with Crippen LogP contribution in [0.5, 0.6) is 11.5 Å². The van der Waals surface area contributed by atoms with Gasteiger partial charge in [0.05, 0.1) is 18.3 Å². The number of amides is 2. The Bertz CT molecular complexity index is 1820. The summed E-state index contributed by atoms with van der Waals surface area (Å²) in [4.78, 5) is 33.9. The van der Waals surface area contributed by atoms with Crippen molar-refractivity contribution < 1.29 is 46.1 Å². The fourth-order valence-corrected chi connectivity index (χ4v) is 5.10. The Kier molecular flexibility index (Phi) is 7.34. The van der Waals surface area contributed by atoms with Crippen molar-refractivity contribution in [3.63, 3.8) is 0 Å². The molecule has 234 valence electrons. The van der Waals surface area contributed by atoms with Gasteiger partial charge in [-0.1, -0.05) is 6.07 Å². The average molecular weight is 629 g/mol. The molecule has 2 amide bonds. The summed E-state index contributed by atoms with van der Waals surface area (Å²) in [6.07, 6.45) is -2.36. The molecule has 4 aromatic rings. The van der Waals surface area contributed by atoms with E-state index in [1.165, 1.54) is 30.5 Å². The first kappa shape index (κ1) is 30.2. The van der Waals surface area contributed by atoms with Crippen molar-refractivity contribution in [2.45, 2.75) is 36.1 Å². The number of hydrogen-bond donors (Lipinski definition) is 3. The average Bonchev–Trinajstić information content (AvgIpc) is 3.75. The van der Waals surface area contributed by atoms with Crippen LogP contribution < -0.4 is 20.5 Å². The number of primary amides is 1. The van der Waals surface area contributed by atoms with Gasteiger partial charge >= 0.3 is 6.18 Å². The number of nitrogens with one attached hydrogen (secondary N) is 1. The number of ether oxygens (including phenoxy) is 2. The van der Waals surface area contributed by atoms with Gasteiger partial charge in [0.2, 0.25) is 11.5 Å².